The Bertz CT molecular complexity index is 767. The van der Waals surface area contributed by atoms with Crippen LogP contribution < -0.4 is 4.74 Å². The molecule has 1 unspecified atom stereocenters. The fraction of sp³-hybridized carbons (Fsp3) is 0.583. The van der Waals surface area contributed by atoms with Crippen LogP contribution in [0, 0.1) is 5.92 Å². The lowest BCUT2D eigenvalue weighted by Crippen LogP contribution is -2.39. The van der Waals surface area contributed by atoms with E-state index in [1.165, 1.54) is 11.3 Å². The third-order valence-electron chi connectivity index (χ3n) is 5.62. The van der Waals surface area contributed by atoms with E-state index in [1.807, 2.05) is 38.1 Å². The predicted molar refractivity (Wildman–Crippen MR) is 115 cm³/mol. The highest BCUT2D eigenvalue weighted by atomic mass is 16.5. The highest BCUT2D eigenvalue weighted by molar-refractivity contribution is 6.35. The van der Waals surface area contributed by atoms with Crippen LogP contribution in [-0.2, 0) is 9.59 Å². The first-order chi connectivity index (χ1) is 13.9. The Morgan fingerprint density at radius 1 is 1.10 bits per heavy atom. The molecule has 158 valence electrons. The lowest BCUT2D eigenvalue weighted by Gasteiger charge is -2.33. The maximum atomic E-state index is 13.3. The zero-order valence-corrected chi connectivity index (χ0v) is 18.2. The Balaban J connectivity index is 1.94. The summed E-state index contributed by atoms with van der Waals surface area (Å²) in [4.78, 5) is 30.2. The number of amides is 2. The van der Waals surface area contributed by atoms with Crippen LogP contribution in [0.1, 0.15) is 65.4 Å². The number of benzene rings is 1. The first kappa shape index (κ1) is 21.4. The Kier molecular flexibility index (Phi) is 6.99. The molecular weight excluding hydrogens is 364 g/mol. The molecule has 2 amide bonds. The van der Waals surface area contributed by atoms with Crippen molar-refractivity contribution in [1.29, 1.82) is 0 Å². The van der Waals surface area contributed by atoms with Gasteiger partial charge in [0.1, 0.15) is 11.4 Å². The molecule has 1 aromatic carbocycles. The van der Waals surface area contributed by atoms with Gasteiger partial charge in [0.25, 0.3) is 11.8 Å². The minimum Gasteiger partial charge on any atom is -0.491 e. The second-order valence-corrected chi connectivity index (χ2v) is 8.58. The number of carbonyl (C=O) groups excluding carboxylic acids is 2. The van der Waals surface area contributed by atoms with Gasteiger partial charge in [0.2, 0.25) is 0 Å². The van der Waals surface area contributed by atoms with E-state index in [0.29, 0.717) is 23.7 Å². The molecule has 29 heavy (non-hydrogen) atoms. The van der Waals surface area contributed by atoms with Crippen LogP contribution in [0.15, 0.2) is 30.0 Å². The van der Waals surface area contributed by atoms with E-state index >= 15 is 0 Å². The number of ether oxygens (including phenoxy) is 1. The normalized spacial score (nSPS) is 20.2. The molecule has 0 bridgehead atoms. The fourth-order valence-electron chi connectivity index (χ4n) is 4.20. The van der Waals surface area contributed by atoms with Gasteiger partial charge in [-0.05, 0) is 56.7 Å². The summed E-state index contributed by atoms with van der Waals surface area (Å²) in [6, 6.07) is 7.58. The highest BCUT2D eigenvalue weighted by Crippen LogP contribution is 2.34. The molecule has 1 aromatic rings. The van der Waals surface area contributed by atoms with Crippen molar-refractivity contribution in [2.24, 2.45) is 5.92 Å². The van der Waals surface area contributed by atoms with Crippen molar-refractivity contribution in [3.05, 3.63) is 35.5 Å². The highest BCUT2D eigenvalue weighted by Gasteiger charge is 2.41. The number of hydrogen-bond donors (Lipinski definition) is 0. The molecule has 2 heterocycles. The smallest absolute Gasteiger partial charge is 0.277 e. The molecule has 0 aliphatic carbocycles. The Morgan fingerprint density at radius 2 is 1.83 bits per heavy atom. The summed E-state index contributed by atoms with van der Waals surface area (Å²) < 4.78 is 5.73. The summed E-state index contributed by atoms with van der Waals surface area (Å²) in [7, 11) is 0. The van der Waals surface area contributed by atoms with E-state index in [2.05, 4.69) is 18.7 Å². The molecule has 0 saturated carbocycles. The second-order valence-electron chi connectivity index (χ2n) is 8.58. The number of hydrogen-bond acceptors (Lipinski definition) is 4. The van der Waals surface area contributed by atoms with Crippen molar-refractivity contribution in [2.75, 3.05) is 19.6 Å². The molecular formula is C24H34N2O3. The van der Waals surface area contributed by atoms with Crippen molar-refractivity contribution >= 4 is 17.4 Å². The molecule has 3 rings (SSSR count). The number of unbranched alkanes of at least 4 members (excludes halogenated alkanes) is 2. The number of rotatable bonds is 8. The third-order valence-corrected chi connectivity index (χ3v) is 5.62. The molecule has 1 saturated heterocycles. The van der Waals surface area contributed by atoms with Crippen molar-refractivity contribution in [3.8, 4) is 5.75 Å². The van der Waals surface area contributed by atoms with Gasteiger partial charge in [-0.3, -0.25) is 14.5 Å². The van der Waals surface area contributed by atoms with Crippen LogP contribution in [-0.4, -0.2) is 47.4 Å². The number of imide groups is 1. The lowest BCUT2D eigenvalue weighted by atomic mass is 9.97. The van der Waals surface area contributed by atoms with Gasteiger partial charge >= 0.3 is 0 Å². The molecule has 1 fully saturated rings. The van der Waals surface area contributed by atoms with E-state index in [4.69, 9.17) is 4.74 Å². The number of likely N-dealkylation sites (tertiary alicyclic amines) is 1. The average molecular weight is 399 g/mol. The van der Waals surface area contributed by atoms with Crippen LogP contribution in [0.25, 0.3) is 5.57 Å². The lowest BCUT2D eigenvalue weighted by molar-refractivity contribution is -0.137. The molecule has 5 heteroatoms. The van der Waals surface area contributed by atoms with Crippen LogP contribution in [0.4, 0.5) is 0 Å². The van der Waals surface area contributed by atoms with E-state index < -0.39 is 0 Å². The molecule has 1 atom stereocenters. The minimum atomic E-state index is -0.156. The van der Waals surface area contributed by atoms with Gasteiger partial charge in [-0.2, -0.15) is 0 Å². The molecule has 2 aliphatic rings. The maximum Gasteiger partial charge on any atom is 0.277 e. The van der Waals surface area contributed by atoms with E-state index in [0.717, 1.165) is 50.1 Å². The summed E-state index contributed by atoms with van der Waals surface area (Å²) in [5.74, 6) is 1.01. The van der Waals surface area contributed by atoms with Gasteiger partial charge in [0.05, 0.1) is 11.7 Å². The van der Waals surface area contributed by atoms with Crippen molar-refractivity contribution in [3.63, 3.8) is 0 Å². The molecule has 0 spiro atoms. The zero-order chi connectivity index (χ0) is 21.0. The second kappa shape index (κ2) is 9.47. The van der Waals surface area contributed by atoms with Crippen molar-refractivity contribution in [1.82, 2.24) is 9.80 Å². The summed E-state index contributed by atoms with van der Waals surface area (Å²) in [6.45, 7) is 10.5. The first-order valence-electron chi connectivity index (χ1n) is 11.0. The summed E-state index contributed by atoms with van der Waals surface area (Å²) in [5, 5.41) is 0. The minimum absolute atomic E-state index is 0.0919. The predicted octanol–water partition coefficient (Wildman–Crippen LogP) is 4.48. The quantitative estimate of drug-likeness (QED) is 0.479. The number of carbonyl (C=O) groups is 2. The van der Waals surface area contributed by atoms with Gasteiger partial charge in [-0.15, -0.1) is 0 Å². The topological polar surface area (TPSA) is 49.9 Å². The molecule has 5 nitrogen and oxygen atoms in total. The first-order valence-corrected chi connectivity index (χ1v) is 11.0. The van der Waals surface area contributed by atoms with E-state index in [9.17, 15) is 9.59 Å². The molecule has 0 radical (unpaired) electrons. The third kappa shape index (κ3) is 4.82. The monoisotopic (exact) mass is 398 g/mol. The largest absolute Gasteiger partial charge is 0.491 e. The molecule has 2 aliphatic heterocycles. The summed E-state index contributed by atoms with van der Waals surface area (Å²) >= 11 is 0. The summed E-state index contributed by atoms with van der Waals surface area (Å²) in [6.07, 6.45) is 5.24. The van der Waals surface area contributed by atoms with Crippen LogP contribution in [0.3, 0.4) is 0 Å². The van der Waals surface area contributed by atoms with Gasteiger partial charge in [0.15, 0.2) is 0 Å². The van der Waals surface area contributed by atoms with E-state index in [-0.39, 0.29) is 17.9 Å². The van der Waals surface area contributed by atoms with Gasteiger partial charge in [0, 0.05) is 19.6 Å². The van der Waals surface area contributed by atoms with Gasteiger partial charge < -0.3 is 9.64 Å². The van der Waals surface area contributed by atoms with Crippen LogP contribution in [0.5, 0.6) is 5.75 Å². The maximum absolute atomic E-state index is 13.3. The van der Waals surface area contributed by atoms with Gasteiger partial charge in [-0.1, -0.05) is 38.8 Å². The van der Waals surface area contributed by atoms with Crippen LogP contribution >= 0.6 is 0 Å². The van der Waals surface area contributed by atoms with Crippen molar-refractivity contribution in [2.45, 2.75) is 65.9 Å². The molecule has 0 N–H and O–H groups in total. The Labute approximate surface area is 174 Å². The number of nitrogens with zero attached hydrogens (tertiary/aromatic N) is 2. The SMILES string of the molecule is CCCCCN1C(=O)C(c2ccc(OC(C)C)cc2)=C(N2CCCC(C)C2)C1=O. The molecule has 0 aromatic heterocycles. The fourth-order valence-corrected chi connectivity index (χ4v) is 4.20. The van der Waals surface area contributed by atoms with Gasteiger partial charge in [-0.25, -0.2) is 0 Å². The van der Waals surface area contributed by atoms with Crippen molar-refractivity contribution < 1.29 is 14.3 Å². The Hall–Kier alpha value is -2.30. The summed E-state index contributed by atoms with van der Waals surface area (Å²) in [5.41, 5.74) is 1.94. The standard InChI is InChI=1S/C24H34N2O3/c1-5-6-7-15-26-23(27)21(19-10-12-20(13-11-19)29-17(2)3)22(24(26)28)25-14-8-9-18(4)16-25/h10-13,17-18H,5-9,14-16H2,1-4H3. The Morgan fingerprint density at radius 3 is 2.45 bits per heavy atom. The average Bonchev–Trinajstić information content (AvgIpc) is 2.93. The zero-order valence-electron chi connectivity index (χ0n) is 18.2. The van der Waals surface area contributed by atoms with Crippen LogP contribution in [0.2, 0.25) is 0 Å². The number of piperidine rings is 1. The van der Waals surface area contributed by atoms with E-state index in [1.54, 1.807) is 0 Å².